The molecule has 3 rings (SSSR count). The topological polar surface area (TPSA) is 91.9 Å². The third-order valence-electron chi connectivity index (χ3n) is 4.69. The number of aryl methyl sites for hydroxylation is 1. The Morgan fingerprint density at radius 2 is 2.16 bits per heavy atom. The molecule has 1 fully saturated rings. The lowest BCUT2D eigenvalue weighted by Crippen LogP contribution is -2.19. The Morgan fingerprint density at radius 3 is 2.72 bits per heavy atom. The van der Waals surface area contributed by atoms with E-state index in [1.165, 1.54) is 0 Å². The highest BCUT2D eigenvalue weighted by atomic mass is 32.2. The lowest BCUT2D eigenvalue weighted by molar-refractivity contribution is 0.485. The van der Waals surface area contributed by atoms with Crippen LogP contribution in [0.15, 0.2) is 18.3 Å². The maximum Gasteiger partial charge on any atom is 0.152 e. The average molecular weight is 359 g/mol. The summed E-state index contributed by atoms with van der Waals surface area (Å²) in [5.41, 5.74) is 3.51. The van der Waals surface area contributed by atoms with E-state index in [2.05, 4.69) is 16.2 Å². The summed E-state index contributed by atoms with van der Waals surface area (Å²) in [6.07, 6.45) is 2.18. The van der Waals surface area contributed by atoms with Gasteiger partial charge in [-0.2, -0.15) is 10.4 Å². The molecule has 0 aromatic carbocycles. The third kappa shape index (κ3) is 3.51. The predicted molar refractivity (Wildman–Crippen MR) is 95.1 cm³/mol. The molecule has 1 aliphatic rings. The number of hydrogen-bond donors (Lipinski definition) is 0. The molecule has 8 heteroatoms. The minimum absolute atomic E-state index is 0.0733. The summed E-state index contributed by atoms with van der Waals surface area (Å²) in [5, 5.41) is 13.5. The quantitative estimate of drug-likeness (QED) is 0.826. The largest absolute Gasteiger partial charge is 0.355 e. The van der Waals surface area contributed by atoms with Gasteiger partial charge in [0, 0.05) is 31.0 Å². The van der Waals surface area contributed by atoms with Crippen molar-refractivity contribution in [3.63, 3.8) is 0 Å². The molecule has 132 valence electrons. The van der Waals surface area contributed by atoms with Gasteiger partial charge in [-0.25, -0.2) is 13.4 Å². The van der Waals surface area contributed by atoms with Crippen LogP contribution in [0, 0.1) is 25.2 Å². The van der Waals surface area contributed by atoms with E-state index in [9.17, 15) is 8.42 Å². The summed E-state index contributed by atoms with van der Waals surface area (Å²) >= 11 is 0. The van der Waals surface area contributed by atoms with Crippen molar-refractivity contribution >= 4 is 15.7 Å². The van der Waals surface area contributed by atoms with E-state index in [0.29, 0.717) is 18.5 Å². The molecular formula is C17H21N5O2S. The van der Waals surface area contributed by atoms with Crippen LogP contribution >= 0.6 is 0 Å². The number of aromatic nitrogens is 3. The Bertz CT molecular complexity index is 925. The van der Waals surface area contributed by atoms with E-state index in [1.807, 2.05) is 36.5 Å². The van der Waals surface area contributed by atoms with Crippen molar-refractivity contribution in [1.29, 1.82) is 5.26 Å². The molecular weight excluding hydrogens is 338 g/mol. The maximum atomic E-state index is 11.8. The van der Waals surface area contributed by atoms with Crippen LogP contribution in [0.4, 0.5) is 5.82 Å². The van der Waals surface area contributed by atoms with Gasteiger partial charge in [0.25, 0.3) is 0 Å². The van der Waals surface area contributed by atoms with Crippen LogP contribution in [-0.4, -0.2) is 41.7 Å². The molecule has 1 saturated heterocycles. The Kier molecular flexibility index (Phi) is 4.52. The number of hydrogen-bond acceptors (Lipinski definition) is 6. The van der Waals surface area contributed by atoms with Crippen LogP contribution in [-0.2, 0) is 16.4 Å². The summed E-state index contributed by atoms with van der Waals surface area (Å²) < 4.78 is 25.4. The summed E-state index contributed by atoms with van der Waals surface area (Å²) in [6.45, 7) is 4.55. The molecule has 2 aromatic heterocycles. The number of pyridine rings is 1. The van der Waals surface area contributed by atoms with Crippen molar-refractivity contribution < 1.29 is 8.42 Å². The van der Waals surface area contributed by atoms with Gasteiger partial charge in [-0.05, 0) is 32.4 Å². The van der Waals surface area contributed by atoms with Gasteiger partial charge in [0.05, 0.1) is 28.8 Å². The molecule has 0 bridgehead atoms. The summed E-state index contributed by atoms with van der Waals surface area (Å²) in [5.74, 6) is 1.18. The van der Waals surface area contributed by atoms with E-state index in [-0.39, 0.29) is 17.5 Å². The standard InChI is InChI=1S/C17H21N5O2S/c1-12-16(10-21(3)17-5-4-14(8-18)9-19-17)13(2)22(20-12)15-6-7-25(23,24)11-15/h4-5,9,15H,6-7,10-11H2,1-3H3/t15-/m1/s1. The Balaban J connectivity index is 1.82. The first kappa shape index (κ1) is 17.4. The van der Waals surface area contributed by atoms with Crippen molar-refractivity contribution in [2.45, 2.75) is 32.9 Å². The molecule has 1 aliphatic heterocycles. The second-order valence-corrected chi connectivity index (χ2v) is 8.75. The van der Waals surface area contributed by atoms with Crippen molar-refractivity contribution in [3.8, 4) is 6.07 Å². The lowest BCUT2D eigenvalue weighted by atomic mass is 10.1. The molecule has 1 atom stereocenters. The zero-order valence-corrected chi connectivity index (χ0v) is 15.4. The second kappa shape index (κ2) is 6.48. The zero-order valence-electron chi connectivity index (χ0n) is 14.6. The van der Waals surface area contributed by atoms with Crippen molar-refractivity contribution in [3.05, 3.63) is 40.8 Å². The highest BCUT2D eigenvalue weighted by Gasteiger charge is 2.31. The number of rotatable bonds is 4. The summed E-state index contributed by atoms with van der Waals surface area (Å²) in [6, 6.07) is 5.54. The molecule has 0 saturated carbocycles. The minimum atomic E-state index is -2.94. The number of nitrogens with zero attached hydrogens (tertiary/aromatic N) is 5. The van der Waals surface area contributed by atoms with E-state index in [1.54, 1.807) is 12.3 Å². The predicted octanol–water partition coefficient (Wildman–Crippen LogP) is 1.76. The van der Waals surface area contributed by atoms with Gasteiger partial charge in [0.15, 0.2) is 9.84 Å². The van der Waals surface area contributed by atoms with Gasteiger partial charge in [0.1, 0.15) is 11.9 Å². The first-order valence-corrected chi connectivity index (χ1v) is 9.95. The van der Waals surface area contributed by atoms with Gasteiger partial charge < -0.3 is 4.90 Å². The smallest absolute Gasteiger partial charge is 0.152 e. The number of nitriles is 1. The van der Waals surface area contributed by atoms with Crippen molar-refractivity contribution in [1.82, 2.24) is 14.8 Å². The SMILES string of the molecule is Cc1nn([C@@H]2CCS(=O)(=O)C2)c(C)c1CN(C)c1ccc(C#N)cn1. The molecule has 2 aromatic rings. The summed E-state index contributed by atoms with van der Waals surface area (Å²) in [7, 11) is -1.01. The Hall–Kier alpha value is -2.40. The van der Waals surface area contributed by atoms with Gasteiger partial charge in [-0.1, -0.05) is 0 Å². The van der Waals surface area contributed by atoms with Gasteiger partial charge in [-0.3, -0.25) is 4.68 Å². The van der Waals surface area contributed by atoms with E-state index < -0.39 is 9.84 Å². The maximum absolute atomic E-state index is 11.8. The van der Waals surface area contributed by atoms with Crippen molar-refractivity contribution in [2.24, 2.45) is 0 Å². The van der Waals surface area contributed by atoms with Gasteiger partial charge in [0.2, 0.25) is 0 Å². The molecule has 0 N–H and O–H groups in total. The highest BCUT2D eigenvalue weighted by molar-refractivity contribution is 7.91. The average Bonchev–Trinajstić information content (AvgIpc) is 3.08. The number of sulfone groups is 1. The normalized spacial score (nSPS) is 18.9. The molecule has 25 heavy (non-hydrogen) atoms. The van der Waals surface area contributed by atoms with Crippen molar-refractivity contribution in [2.75, 3.05) is 23.5 Å². The fourth-order valence-corrected chi connectivity index (χ4v) is 4.94. The molecule has 0 unspecified atom stereocenters. The minimum Gasteiger partial charge on any atom is -0.355 e. The fraction of sp³-hybridized carbons (Fsp3) is 0.471. The molecule has 3 heterocycles. The summed E-state index contributed by atoms with van der Waals surface area (Å²) in [4.78, 5) is 6.30. The molecule has 0 aliphatic carbocycles. The highest BCUT2D eigenvalue weighted by Crippen LogP contribution is 2.27. The van der Waals surface area contributed by atoms with E-state index in [4.69, 9.17) is 5.26 Å². The van der Waals surface area contributed by atoms with E-state index >= 15 is 0 Å². The first-order chi connectivity index (χ1) is 11.8. The fourth-order valence-electron chi connectivity index (χ4n) is 3.25. The van der Waals surface area contributed by atoms with Gasteiger partial charge in [-0.15, -0.1) is 0 Å². The van der Waals surface area contributed by atoms with Crippen LogP contribution in [0.2, 0.25) is 0 Å². The molecule has 7 nitrogen and oxygen atoms in total. The third-order valence-corrected chi connectivity index (χ3v) is 6.44. The second-order valence-electron chi connectivity index (χ2n) is 6.52. The van der Waals surface area contributed by atoms with Crippen LogP contribution in [0.1, 0.15) is 35.0 Å². The Morgan fingerprint density at radius 1 is 1.40 bits per heavy atom. The number of anilines is 1. The van der Waals surface area contributed by atoms with Crippen LogP contribution in [0.25, 0.3) is 0 Å². The van der Waals surface area contributed by atoms with Crippen LogP contribution in [0.3, 0.4) is 0 Å². The van der Waals surface area contributed by atoms with Crippen LogP contribution in [0.5, 0.6) is 0 Å². The first-order valence-electron chi connectivity index (χ1n) is 8.13. The van der Waals surface area contributed by atoms with Crippen LogP contribution < -0.4 is 4.90 Å². The van der Waals surface area contributed by atoms with E-state index in [0.717, 1.165) is 22.8 Å². The monoisotopic (exact) mass is 359 g/mol. The Labute approximate surface area is 147 Å². The lowest BCUT2D eigenvalue weighted by Gasteiger charge is -2.19. The molecule has 0 spiro atoms. The molecule has 0 amide bonds. The molecule has 0 radical (unpaired) electrons. The van der Waals surface area contributed by atoms with Gasteiger partial charge >= 0.3 is 0 Å². The zero-order chi connectivity index (χ0) is 18.2.